The first kappa shape index (κ1) is 7.76. The van der Waals surface area contributed by atoms with Gasteiger partial charge in [0.1, 0.15) is 0 Å². The first-order valence-electron chi connectivity index (χ1n) is 3.73. The van der Waals surface area contributed by atoms with Gasteiger partial charge in [0.2, 0.25) is 0 Å². The van der Waals surface area contributed by atoms with Gasteiger partial charge in [-0.3, -0.25) is 4.90 Å². The van der Waals surface area contributed by atoms with Crippen LogP contribution in [0.25, 0.3) is 0 Å². The zero-order chi connectivity index (χ0) is 7.56. The Balaban J connectivity index is 2.24. The molecule has 58 valence electrons. The molecule has 1 atom stereocenters. The quantitative estimate of drug-likeness (QED) is 0.570. The summed E-state index contributed by atoms with van der Waals surface area (Å²) < 4.78 is 0. The maximum atomic E-state index is 9.14. The molecule has 0 aromatic carbocycles. The topological polar surface area (TPSA) is 23.5 Å². The Hall–Kier alpha value is -0.340. The van der Waals surface area contributed by atoms with Crippen LogP contribution >= 0.6 is 0 Å². The van der Waals surface area contributed by atoms with Crippen molar-refractivity contribution >= 4 is 0 Å². The molecule has 1 saturated heterocycles. The highest BCUT2D eigenvalue weighted by Crippen LogP contribution is 2.09. The molecule has 0 bridgehead atoms. The van der Waals surface area contributed by atoms with Crippen LogP contribution < -0.4 is 0 Å². The molecule has 0 aliphatic carbocycles. The molecular formula is C8H15NO. The van der Waals surface area contributed by atoms with Crippen LogP contribution in [0.15, 0.2) is 12.2 Å². The Morgan fingerprint density at radius 1 is 1.80 bits per heavy atom. The highest BCUT2D eigenvalue weighted by atomic mass is 16.3. The molecule has 0 amide bonds. The number of likely N-dealkylation sites (tertiary alicyclic amines) is 1. The van der Waals surface area contributed by atoms with Crippen LogP contribution in [0.1, 0.15) is 13.3 Å². The second kappa shape index (κ2) is 3.17. The van der Waals surface area contributed by atoms with Crippen molar-refractivity contribution in [3.05, 3.63) is 12.2 Å². The number of nitrogens with zero attached hydrogens (tertiary/aromatic N) is 1. The first-order valence-corrected chi connectivity index (χ1v) is 3.73. The maximum absolute atomic E-state index is 9.14. The van der Waals surface area contributed by atoms with Crippen molar-refractivity contribution in [1.29, 1.82) is 0 Å². The number of hydrogen-bond acceptors (Lipinski definition) is 2. The van der Waals surface area contributed by atoms with Gasteiger partial charge in [0, 0.05) is 19.6 Å². The summed E-state index contributed by atoms with van der Waals surface area (Å²) in [4.78, 5) is 2.23. The summed E-state index contributed by atoms with van der Waals surface area (Å²) in [5.74, 6) is 0. The zero-order valence-corrected chi connectivity index (χ0v) is 6.51. The predicted molar refractivity (Wildman–Crippen MR) is 41.9 cm³/mol. The van der Waals surface area contributed by atoms with Crippen LogP contribution in [-0.4, -0.2) is 35.7 Å². The second-order valence-electron chi connectivity index (χ2n) is 3.13. The van der Waals surface area contributed by atoms with E-state index < -0.39 is 0 Å². The van der Waals surface area contributed by atoms with Gasteiger partial charge in [-0.15, -0.1) is 0 Å². The fourth-order valence-electron chi connectivity index (χ4n) is 1.34. The Bertz CT molecular complexity index is 133. The lowest BCUT2D eigenvalue weighted by Gasteiger charge is -2.13. The van der Waals surface area contributed by atoms with Gasteiger partial charge in [0.25, 0.3) is 0 Å². The lowest BCUT2D eigenvalue weighted by molar-refractivity contribution is 0.179. The molecule has 2 nitrogen and oxygen atoms in total. The van der Waals surface area contributed by atoms with Crippen molar-refractivity contribution in [2.45, 2.75) is 19.4 Å². The summed E-state index contributed by atoms with van der Waals surface area (Å²) in [6.07, 6.45) is 0.826. The molecule has 0 aromatic rings. The van der Waals surface area contributed by atoms with E-state index in [9.17, 15) is 0 Å². The van der Waals surface area contributed by atoms with E-state index in [2.05, 4.69) is 11.5 Å². The van der Waals surface area contributed by atoms with Crippen LogP contribution in [0.3, 0.4) is 0 Å². The minimum Gasteiger partial charge on any atom is -0.392 e. The van der Waals surface area contributed by atoms with Gasteiger partial charge in [-0.05, 0) is 13.3 Å². The third-order valence-electron chi connectivity index (χ3n) is 1.74. The Morgan fingerprint density at radius 2 is 2.50 bits per heavy atom. The van der Waals surface area contributed by atoms with Gasteiger partial charge >= 0.3 is 0 Å². The summed E-state index contributed by atoms with van der Waals surface area (Å²) in [7, 11) is 0. The number of aliphatic hydroxyl groups is 1. The molecule has 1 aliphatic rings. The number of hydrogen-bond donors (Lipinski definition) is 1. The average molecular weight is 141 g/mol. The van der Waals surface area contributed by atoms with Crippen molar-refractivity contribution in [2.24, 2.45) is 0 Å². The van der Waals surface area contributed by atoms with Crippen LogP contribution in [0.5, 0.6) is 0 Å². The first-order chi connectivity index (χ1) is 4.68. The van der Waals surface area contributed by atoms with Crippen molar-refractivity contribution in [2.75, 3.05) is 19.6 Å². The van der Waals surface area contributed by atoms with Gasteiger partial charge in [-0.2, -0.15) is 0 Å². The van der Waals surface area contributed by atoms with Crippen LogP contribution in [0.4, 0.5) is 0 Å². The summed E-state index contributed by atoms with van der Waals surface area (Å²) >= 11 is 0. The van der Waals surface area contributed by atoms with Gasteiger partial charge in [0.15, 0.2) is 0 Å². The van der Waals surface area contributed by atoms with Gasteiger partial charge in [-0.1, -0.05) is 12.2 Å². The van der Waals surface area contributed by atoms with E-state index >= 15 is 0 Å². The molecule has 1 aliphatic heterocycles. The fourth-order valence-corrected chi connectivity index (χ4v) is 1.34. The van der Waals surface area contributed by atoms with E-state index in [1.54, 1.807) is 0 Å². The van der Waals surface area contributed by atoms with Crippen molar-refractivity contribution in [3.63, 3.8) is 0 Å². The molecule has 1 heterocycles. The Morgan fingerprint density at radius 3 is 2.90 bits per heavy atom. The number of aliphatic hydroxyl groups excluding tert-OH is 1. The van der Waals surface area contributed by atoms with Crippen LogP contribution in [0, 0.1) is 0 Å². The molecule has 0 saturated carbocycles. The van der Waals surface area contributed by atoms with E-state index in [0.717, 1.165) is 26.1 Å². The van der Waals surface area contributed by atoms with Crippen molar-refractivity contribution in [3.8, 4) is 0 Å². The highest BCUT2D eigenvalue weighted by molar-refractivity contribution is 4.93. The highest BCUT2D eigenvalue weighted by Gasteiger charge is 2.18. The van der Waals surface area contributed by atoms with E-state index in [1.165, 1.54) is 5.57 Å². The van der Waals surface area contributed by atoms with E-state index in [4.69, 9.17) is 5.11 Å². The van der Waals surface area contributed by atoms with Gasteiger partial charge < -0.3 is 5.11 Å². The standard InChI is InChI=1S/C8H15NO/c1-7(2)5-9-4-3-8(10)6-9/h8,10H,1,3-6H2,2H3/t8-/m1/s1. The average Bonchev–Trinajstić information content (AvgIpc) is 2.13. The van der Waals surface area contributed by atoms with Gasteiger partial charge in [-0.25, -0.2) is 0 Å². The molecule has 0 aromatic heterocycles. The summed E-state index contributed by atoms with van der Waals surface area (Å²) in [5.41, 5.74) is 1.18. The molecule has 0 radical (unpaired) electrons. The van der Waals surface area contributed by atoms with E-state index in [1.807, 2.05) is 6.92 Å². The molecule has 1 N–H and O–H groups in total. The summed E-state index contributed by atoms with van der Waals surface area (Å²) in [6, 6.07) is 0. The van der Waals surface area contributed by atoms with E-state index in [0.29, 0.717) is 0 Å². The van der Waals surface area contributed by atoms with Crippen molar-refractivity contribution in [1.82, 2.24) is 4.90 Å². The third kappa shape index (κ3) is 2.12. The Kier molecular flexibility index (Phi) is 2.46. The smallest absolute Gasteiger partial charge is 0.0679 e. The second-order valence-corrected chi connectivity index (χ2v) is 3.13. The third-order valence-corrected chi connectivity index (χ3v) is 1.74. The molecule has 1 fully saturated rings. The minimum absolute atomic E-state index is 0.0978. The van der Waals surface area contributed by atoms with Crippen LogP contribution in [-0.2, 0) is 0 Å². The largest absolute Gasteiger partial charge is 0.392 e. The molecule has 1 rings (SSSR count). The molecular weight excluding hydrogens is 126 g/mol. The SMILES string of the molecule is C=C(C)CN1CC[C@@H](O)C1. The maximum Gasteiger partial charge on any atom is 0.0679 e. The molecule has 0 unspecified atom stereocenters. The fraction of sp³-hybridized carbons (Fsp3) is 0.750. The number of rotatable bonds is 2. The lowest BCUT2D eigenvalue weighted by atomic mass is 10.3. The Labute approximate surface area is 62.2 Å². The lowest BCUT2D eigenvalue weighted by Crippen LogP contribution is -2.23. The van der Waals surface area contributed by atoms with Crippen LogP contribution in [0.2, 0.25) is 0 Å². The van der Waals surface area contributed by atoms with Crippen molar-refractivity contribution < 1.29 is 5.11 Å². The van der Waals surface area contributed by atoms with Gasteiger partial charge in [0.05, 0.1) is 6.10 Å². The summed E-state index contributed by atoms with van der Waals surface area (Å²) in [6.45, 7) is 8.63. The van der Waals surface area contributed by atoms with E-state index in [-0.39, 0.29) is 6.10 Å². The molecule has 2 heteroatoms. The monoisotopic (exact) mass is 141 g/mol. The number of β-amino-alcohol motifs (C(OH)–C–C–N with tert-alkyl or cyclic N) is 1. The normalized spacial score (nSPS) is 27.2. The minimum atomic E-state index is -0.0978. The molecule has 0 spiro atoms. The summed E-state index contributed by atoms with van der Waals surface area (Å²) in [5, 5.41) is 9.14. The molecule has 10 heavy (non-hydrogen) atoms. The predicted octanol–water partition coefficient (Wildman–Crippen LogP) is 0.629. The zero-order valence-electron chi connectivity index (χ0n) is 6.51.